The number of hydrogen-bond donors (Lipinski definition) is 2. The van der Waals surface area contributed by atoms with E-state index in [1.54, 1.807) is 0 Å². The van der Waals surface area contributed by atoms with Gasteiger partial charge in [0.05, 0.1) is 0 Å². The minimum Gasteiger partial charge on any atom is -0.354 e. The molecule has 1 amide bonds. The lowest BCUT2D eigenvalue weighted by Gasteiger charge is -2.24. The number of benzene rings is 1. The van der Waals surface area contributed by atoms with Crippen LogP contribution in [0.5, 0.6) is 0 Å². The Bertz CT molecular complexity index is 379. The first-order valence-electron chi connectivity index (χ1n) is 6.83. The van der Waals surface area contributed by atoms with Gasteiger partial charge in [0.25, 0.3) is 0 Å². The van der Waals surface area contributed by atoms with Crippen molar-refractivity contribution in [2.24, 2.45) is 11.7 Å². The fourth-order valence-electron chi connectivity index (χ4n) is 2.25. The molecule has 0 heterocycles. The Labute approximate surface area is 121 Å². The largest absolute Gasteiger partial charge is 0.354 e. The van der Waals surface area contributed by atoms with E-state index >= 15 is 0 Å². The van der Waals surface area contributed by atoms with Crippen molar-refractivity contribution in [3.8, 4) is 0 Å². The van der Waals surface area contributed by atoms with Crippen LogP contribution in [0.25, 0.3) is 0 Å². The quantitative estimate of drug-likeness (QED) is 0.843. The molecule has 1 unspecified atom stereocenters. The summed E-state index contributed by atoms with van der Waals surface area (Å²) < 4.78 is 0. The Morgan fingerprint density at radius 2 is 2.00 bits per heavy atom. The van der Waals surface area contributed by atoms with Crippen LogP contribution in [0.1, 0.15) is 43.7 Å². The summed E-state index contributed by atoms with van der Waals surface area (Å²) in [7, 11) is 0. The molecule has 1 atom stereocenters. The number of carbonyl (C=O) groups excluding carboxylic acids is 1. The fourth-order valence-corrected chi connectivity index (χ4v) is 2.25. The fraction of sp³-hybridized carbons (Fsp3) is 0.533. The third kappa shape index (κ3) is 5.21. The first-order chi connectivity index (χ1) is 8.75. The zero-order valence-corrected chi connectivity index (χ0v) is 12.0. The molecule has 0 saturated heterocycles. The molecule has 1 aliphatic rings. The number of halogens is 1. The lowest BCUT2D eigenvalue weighted by atomic mass is 9.82. The summed E-state index contributed by atoms with van der Waals surface area (Å²) in [6.45, 7) is 0.521. The number of nitrogens with two attached hydrogens (primary N) is 1. The second-order valence-electron chi connectivity index (χ2n) is 5.16. The van der Waals surface area contributed by atoms with Crippen LogP contribution < -0.4 is 11.1 Å². The predicted octanol–water partition coefficient (Wildman–Crippen LogP) is 2.80. The van der Waals surface area contributed by atoms with Crippen LogP contribution in [0.3, 0.4) is 0 Å². The molecule has 3 nitrogen and oxygen atoms in total. The van der Waals surface area contributed by atoms with E-state index in [9.17, 15) is 4.79 Å². The second-order valence-corrected chi connectivity index (χ2v) is 5.16. The molecule has 0 aromatic heterocycles. The molecule has 0 bridgehead atoms. The van der Waals surface area contributed by atoms with E-state index in [-0.39, 0.29) is 24.4 Å². The first-order valence-corrected chi connectivity index (χ1v) is 6.83. The molecule has 1 saturated carbocycles. The maximum Gasteiger partial charge on any atom is 0.220 e. The van der Waals surface area contributed by atoms with Crippen LogP contribution in [0, 0.1) is 5.92 Å². The molecule has 1 aliphatic carbocycles. The first kappa shape index (κ1) is 16.0. The molecule has 0 aliphatic heterocycles. The second kappa shape index (κ2) is 8.18. The van der Waals surface area contributed by atoms with Gasteiger partial charge in [0.1, 0.15) is 0 Å². The maximum atomic E-state index is 11.7. The van der Waals surface area contributed by atoms with E-state index in [0.717, 1.165) is 17.9 Å². The zero-order valence-electron chi connectivity index (χ0n) is 11.2. The lowest BCUT2D eigenvalue weighted by Crippen LogP contribution is -2.32. The van der Waals surface area contributed by atoms with E-state index in [2.05, 4.69) is 5.32 Å². The summed E-state index contributed by atoms with van der Waals surface area (Å²) in [4.78, 5) is 11.7. The molecule has 1 aromatic rings. The van der Waals surface area contributed by atoms with E-state index in [4.69, 9.17) is 5.73 Å². The molecule has 2 rings (SSSR count). The smallest absolute Gasteiger partial charge is 0.220 e. The van der Waals surface area contributed by atoms with Gasteiger partial charge in [0.2, 0.25) is 5.91 Å². The lowest BCUT2D eigenvalue weighted by molar-refractivity contribution is -0.121. The van der Waals surface area contributed by atoms with Crippen molar-refractivity contribution in [3.63, 3.8) is 0 Å². The molecule has 0 radical (unpaired) electrons. The van der Waals surface area contributed by atoms with Crippen molar-refractivity contribution >= 4 is 18.3 Å². The van der Waals surface area contributed by atoms with Crippen LogP contribution in [-0.4, -0.2) is 12.5 Å². The van der Waals surface area contributed by atoms with Crippen LogP contribution in [0.2, 0.25) is 0 Å². The van der Waals surface area contributed by atoms with Gasteiger partial charge in [-0.05, 0) is 17.9 Å². The van der Waals surface area contributed by atoms with Crippen molar-refractivity contribution in [1.82, 2.24) is 5.32 Å². The van der Waals surface area contributed by atoms with E-state index in [0.29, 0.717) is 13.0 Å². The van der Waals surface area contributed by atoms with Gasteiger partial charge < -0.3 is 11.1 Å². The van der Waals surface area contributed by atoms with Gasteiger partial charge in [-0.15, -0.1) is 12.4 Å². The van der Waals surface area contributed by atoms with Crippen molar-refractivity contribution < 1.29 is 4.79 Å². The average molecular weight is 283 g/mol. The van der Waals surface area contributed by atoms with Crippen LogP contribution in [0.15, 0.2) is 30.3 Å². The Morgan fingerprint density at radius 1 is 1.32 bits per heavy atom. The molecule has 0 spiro atoms. The molecular formula is C15H23ClN2O. The van der Waals surface area contributed by atoms with Gasteiger partial charge in [-0.3, -0.25) is 4.79 Å². The van der Waals surface area contributed by atoms with Gasteiger partial charge in [-0.1, -0.05) is 49.6 Å². The molecule has 4 heteroatoms. The standard InChI is InChI=1S/C15H22N2O.ClH/c16-14(13-7-2-1-3-8-13)11-17-15(18)10-9-12-5-4-6-12;/h1-3,7-8,12,14H,4-6,9-11,16H2,(H,17,18);1H. The minimum absolute atomic E-state index is 0. The van der Waals surface area contributed by atoms with Crippen LogP contribution >= 0.6 is 12.4 Å². The molecule has 19 heavy (non-hydrogen) atoms. The SMILES string of the molecule is Cl.NC(CNC(=O)CCC1CCC1)c1ccccc1. The molecule has 1 fully saturated rings. The van der Waals surface area contributed by atoms with Crippen molar-refractivity contribution in [2.45, 2.75) is 38.1 Å². The number of amides is 1. The number of rotatable bonds is 6. The summed E-state index contributed by atoms with van der Waals surface area (Å²) in [6, 6.07) is 9.77. The summed E-state index contributed by atoms with van der Waals surface area (Å²) in [5, 5.41) is 2.92. The van der Waals surface area contributed by atoms with Crippen molar-refractivity contribution in [2.75, 3.05) is 6.54 Å². The van der Waals surface area contributed by atoms with Crippen LogP contribution in [0.4, 0.5) is 0 Å². The highest BCUT2D eigenvalue weighted by Gasteiger charge is 2.18. The highest BCUT2D eigenvalue weighted by molar-refractivity contribution is 5.85. The van der Waals surface area contributed by atoms with Crippen molar-refractivity contribution in [1.29, 1.82) is 0 Å². The summed E-state index contributed by atoms with van der Waals surface area (Å²) in [6.07, 6.45) is 5.62. The maximum absolute atomic E-state index is 11.7. The average Bonchev–Trinajstić information content (AvgIpc) is 2.35. The van der Waals surface area contributed by atoms with Gasteiger partial charge in [-0.25, -0.2) is 0 Å². The summed E-state index contributed by atoms with van der Waals surface area (Å²) in [5.74, 6) is 0.923. The van der Waals surface area contributed by atoms with E-state index < -0.39 is 0 Å². The summed E-state index contributed by atoms with van der Waals surface area (Å²) in [5.41, 5.74) is 7.09. The van der Waals surface area contributed by atoms with Gasteiger partial charge in [0, 0.05) is 19.0 Å². The zero-order chi connectivity index (χ0) is 12.8. The third-order valence-corrected chi connectivity index (χ3v) is 3.75. The summed E-state index contributed by atoms with van der Waals surface area (Å²) >= 11 is 0. The van der Waals surface area contributed by atoms with Crippen LogP contribution in [-0.2, 0) is 4.79 Å². The normalized spacial score (nSPS) is 16.1. The number of carbonyl (C=O) groups is 1. The van der Waals surface area contributed by atoms with Gasteiger partial charge >= 0.3 is 0 Å². The highest BCUT2D eigenvalue weighted by atomic mass is 35.5. The van der Waals surface area contributed by atoms with Gasteiger partial charge in [0.15, 0.2) is 0 Å². The van der Waals surface area contributed by atoms with Crippen molar-refractivity contribution in [3.05, 3.63) is 35.9 Å². The molecular weight excluding hydrogens is 260 g/mol. The number of nitrogens with one attached hydrogen (secondary N) is 1. The highest BCUT2D eigenvalue weighted by Crippen LogP contribution is 2.30. The Hall–Kier alpha value is -1.06. The van der Waals surface area contributed by atoms with Gasteiger partial charge in [-0.2, -0.15) is 0 Å². The molecule has 3 N–H and O–H groups in total. The number of hydrogen-bond acceptors (Lipinski definition) is 2. The Balaban J connectivity index is 0.00000180. The minimum atomic E-state index is -0.112. The van der Waals surface area contributed by atoms with E-state index in [1.807, 2.05) is 30.3 Å². The Morgan fingerprint density at radius 3 is 2.58 bits per heavy atom. The predicted molar refractivity (Wildman–Crippen MR) is 80.2 cm³/mol. The third-order valence-electron chi connectivity index (χ3n) is 3.75. The Kier molecular flexibility index (Phi) is 6.89. The monoisotopic (exact) mass is 282 g/mol. The molecule has 1 aromatic carbocycles. The van der Waals surface area contributed by atoms with E-state index in [1.165, 1.54) is 19.3 Å². The molecule has 106 valence electrons. The topological polar surface area (TPSA) is 55.1 Å².